The summed E-state index contributed by atoms with van der Waals surface area (Å²) >= 11 is 0. The van der Waals surface area contributed by atoms with Crippen LogP contribution in [-0.4, -0.2) is 12.6 Å². The number of hydrogen-bond acceptors (Lipinski definition) is 1. The van der Waals surface area contributed by atoms with E-state index in [2.05, 4.69) is 25.7 Å². The van der Waals surface area contributed by atoms with E-state index in [1.165, 1.54) is 25.7 Å². The van der Waals surface area contributed by atoms with E-state index in [-0.39, 0.29) is 0 Å². The highest BCUT2D eigenvalue weighted by atomic mass is 14.9. The Balaban J connectivity index is 2.95. The summed E-state index contributed by atoms with van der Waals surface area (Å²) < 4.78 is 0. The second-order valence-corrected chi connectivity index (χ2v) is 3.04. The van der Waals surface area contributed by atoms with E-state index in [4.69, 9.17) is 0 Å². The van der Waals surface area contributed by atoms with E-state index in [9.17, 15) is 0 Å². The molecule has 0 aliphatic heterocycles. The van der Waals surface area contributed by atoms with E-state index < -0.39 is 0 Å². The monoisotopic (exact) mass is 155 g/mol. The molecule has 0 saturated carbocycles. The van der Waals surface area contributed by atoms with Gasteiger partial charge in [0, 0.05) is 6.04 Å². The highest BCUT2D eigenvalue weighted by Gasteiger charge is 1.92. The number of nitrogens with one attached hydrogen (secondary N) is 1. The zero-order valence-corrected chi connectivity index (χ0v) is 7.90. The summed E-state index contributed by atoms with van der Waals surface area (Å²) in [4.78, 5) is 0. The predicted molar refractivity (Wildman–Crippen MR) is 51.8 cm³/mol. The van der Waals surface area contributed by atoms with E-state index in [1.54, 1.807) is 0 Å². The minimum absolute atomic E-state index is 0.469. The molecule has 0 aromatic rings. The SMILES string of the molecule is C=CC(C)NCCCCCC. The van der Waals surface area contributed by atoms with Gasteiger partial charge in [0.1, 0.15) is 0 Å². The maximum absolute atomic E-state index is 3.71. The molecule has 1 nitrogen and oxygen atoms in total. The first-order valence-corrected chi connectivity index (χ1v) is 4.67. The van der Waals surface area contributed by atoms with Gasteiger partial charge in [-0.1, -0.05) is 32.3 Å². The molecule has 0 aliphatic rings. The summed E-state index contributed by atoms with van der Waals surface area (Å²) in [7, 11) is 0. The van der Waals surface area contributed by atoms with Gasteiger partial charge in [0.25, 0.3) is 0 Å². The molecule has 0 radical (unpaired) electrons. The van der Waals surface area contributed by atoms with Crippen molar-refractivity contribution in [3.05, 3.63) is 12.7 Å². The fourth-order valence-corrected chi connectivity index (χ4v) is 0.965. The second-order valence-electron chi connectivity index (χ2n) is 3.04. The first-order chi connectivity index (χ1) is 5.31. The van der Waals surface area contributed by atoms with Gasteiger partial charge in [-0.2, -0.15) is 0 Å². The van der Waals surface area contributed by atoms with Crippen molar-refractivity contribution in [1.82, 2.24) is 5.32 Å². The van der Waals surface area contributed by atoms with Crippen LogP contribution >= 0.6 is 0 Å². The van der Waals surface area contributed by atoms with Crippen molar-refractivity contribution in [3.63, 3.8) is 0 Å². The normalized spacial score (nSPS) is 12.9. The van der Waals surface area contributed by atoms with Crippen molar-refractivity contribution in [3.8, 4) is 0 Å². The van der Waals surface area contributed by atoms with Crippen LogP contribution in [0.4, 0.5) is 0 Å². The van der Waals surface area contributed by atoms with Crippen LogP contribution in [0.15, 0.2) is 12.7 Å². The minimum atomic E-state index is 0.469. The van der Waals surface area contributed by atoms with E-state index in [1.807, 2.05) is 6.08 Å². The Morgan fingerprint density at radius 3 is 2.64 bits per heavy atom. The molecule has 11 heavy (non-hydrogen) atoms. The van der Waals surface area contributed by atoms with Crippen LogP contribution in [0.2, 0.25) is 0 Å². The smallest absolute Gasteiger partial charge is 0.0219 e. The second kappa shape index (κ2) is 7.80. The summed E-state index contributed by atoms with van der Waals surface area (Å²) in [5, 5.41) is 3.37. The van der Waals surface area contributed by atoms with Gasteiger partial charge in [-0.15, -0.1) is 6.58 Å². The predicted octanol–water partition coefficient (Wildman–Crippen LogP) is 2.73. The van der Waals surface area contributed by atoms with E-state index >= 15 is 0 Å². The lowest BCUT2D eigenvalue weighted by atomic mass is 10.2. The highest BCUT2D eigenvalue weighted by molar-refractivity contribution is 4.80. The highest BCUT2D eigenvalue weighted by Crippen LogP contribution is 1.97. The Morgan fingerprint density at radius 1 is 1.36 bits per heavy atom. The molecule has 0 aromatic heterocycles. The maximum atomic E-state index is 3.71. The molecule has 1 N–H and O–H groups in total. The van der Waals surface area contributed by atoms with Crippen LogP contribution < -0.4 is 5.32 Å². The van der Waals surface area contributed by atoms with Crippen LogP contribution in [0.5, 0.6) is 0 Å². The zero-order chi connectivity index (χ0) is 8.53. The summed E-state index contributed by atoms with van der Waals surface area (Å²) in [6.07, 6.45) is 7.28. The van der Waals surface area contributed by atoms with Crippen LogP contribution in [-0.2, 0) is 0 Å². The molecule has 0 aliphatic carbocycles. The van der Waals surface area contributed by atoms with Crippen LogP contribution in [0.3, 0.4) is 0 Å². The average Bonchev–Trinajstić information content (AvgIpc) is 2.04. The molecule has 1 heteroatoms. The van der Waals surface area contributed by atoms with Gasteiger partial charge in [0.2, 0.25) is 0 Å². The average molecular weight is 155 g/mol. The zero-order valence-electron chi connectivity index (χ0n) is 7.90. The lowest BCUT2D eigenvalue weighted by Crippen LogP contribution is -2.24. The molecule has 0 spiro atoms. The quantitative estimate of drug-likeness (QED) is 0.440. The molecule has 1 unspecified atom stereocenters. The molecule has 0 aromatic carbocycles. The van der Waals surface area contributed by atoms with Gasteiger partial charge in [-0.25, -0.2) is 0 Å². The van der Waals surface area contributed by atoms with Crippen molar-refractivity contribution in [2.24, 2.45) is 0 Å². The Kier molecular flexibility index (Phi) is 7.59. The van der Waals surface area contributed by atoms with Crippen molar-refractivity contribution >= 4 is 0 Å². The lowest BCUT2D eigenvalue weighted by molar-refractivity contribution is 0.572. The molecular formula is C10H21N. The van der Waals surface area contributed by atoms with Gasteiger partial charge < -0.3 is 5.32 Å². The molecule has 0 amide bonds. The van der Waals surface area contributed by atoms with Crippen LogP contribution in [0.25, 0.3) is 0 Å². The summed E-state index contributed by atoms with van der Waals surface area (Å²) in [6, 6.07) is 0.469. The maximum Gasteiger partial charge on any atom is 0.0219 e. The molecule has 66 valence electrons. The Hall–Kier alpha value is -0.300. The Bertz CT molecular complexity index is 88.9. The molecule has 0 heterocycles. The first kappa shape index (κ1) is 10.7. The van der Waals surface area contributed by atoms with E-state index in [0.717, 1.165) is 6.54 Å². The third-order valence-electron chi connectivity index (χ3n) is 1.85. The summed E-state index contributed by atoms with van der Waals surface area (Å²) in [5.41, 5.74) is 0. The number of rotatable bonds is 7. The summed E-state index contributed by atoms with van der Waals surface area (Å²) in [5.74, 6) is 0. The first-order valence-electron chi connectivity index (χ1n) is 4.67. The fourth-order valence-electron chi connectivity index (χ4n) is 0.965. The minimum Gasteiger partial charge on any atom is -0.311 e. The van der Waals surface area contributed by atoms with Gasteiger partial charge in [-0.3, -0.25) is 0 Å². The van der Waals surface area contributed by atoms with Crippen LogP contribution in [0.1, 0.15) is 39.5 Å². The van der Waals surface area contributed by atoms with E-state index in [0.29, 0.717) is 6.04 Å². The molecule has 0 fully saturated rings. The molecular weight excluding hydrogens is 134 g/mol. The van der Waals surface area contributed by atoms with Gasteiger partial charge >= 0.3 is 0 Å². The molecule has 0 saturated heterocycles. The molecule has 1 atom stereocenters. The van der Waals surface area contributed by atoms with Crippen LogP contribution in [0, 0.1) is 0 Å². The van der Waals surface area contributed by atoms with Crippen molar-refractivity contribution in [2.75, 3.05) is 6.54 Å². The molecule has 0 rings (SSSR count). The Labute approximate surface area is 70.9 Å². The topological polar surface area (TPSA) is 12.0 Å². The lowest BCUT2D eigenvalue weighted by Gasteiger charge is -2.07. The third kappa shape index (κ3) is 7.60. The Morgan fingerprint density at radius 2 is 2.09 bits per heavy atom. The fraction of sp³-hybridized carbons (Fsp3) is 0.800. The third-order valence-corrected chi connectivity index (χ3v) is 1.85. The molecule has 0 bridgehead atoms. The largest absolute Gasteiger partial charge is 0.311 e. The number of unbranched alkanes of at least 4 members (excludes halogenated alkanes) is 3. The standard InChI is InChI=1S/C10H21N/c1-4-6-7-8-9-11-10(3)5-2/h5,10-11H,2,4,6-9H2,1,3H3. The van der Waals surface area contributed by atoms with Gasteiger partial charge in [-0.05, 0) is 19.9 Å². The van der Waals surface area contributed by atoms with Crippen molar-refractivity contribution in [2.45, 2.75) is 45.6 Å². The van der Waals surface area contributed by atoms with Crippen molar-refractivity contribution < 1.29 is 0 Å². The van der Waals surface area contributed by atoms with Gasteiger partial charge in [0.05, 0.1) is 0 Å². The van der Waals surface area contributed by atoms with Crippen molar-refractivity contribution in [1.29, 1.82) is 0 Å². The number of hydrogen-bond donors (Lipinski definition) is 1. The van der Waals surface area contributed by atoms with Gasteiger partial charge in [0.15, 0.2) is 0 Å². The summed E-state index contributed by atoms with van der Waals surface area (Å²) in [6.45, 7) is 9.21.